The number of esters is 1. The van der Waals surface area contributed by atoms with E-state index in [1.54, 1.807) is 0 Å². The summed E-state index contributed by atoms with van der Waals surface area (Å²) in [5.41, 5.74) is -1.26. The van der Waals surface area contributed by atoms with Crippen LogP contribution in [0.5, 0.6) is 0 Å². The Morgan fingerprint density at radius 1 is 0.893 bits per heavy atom. The molecule has 28 heavy (non-hydrogen) atoms. The number of hydroxylamine groups is 2. The van der Waals surface area contributed by atoms with Crippen molar-refractivity contribution in [2.75, 3.05) is 13.7 Å². The van der Waals surface area contributed by atoms with Crippen molar-refractivity contribution >= 4 is 5.97 Å². The summed E-state index contributed by atoms with van der Waals surface area (Å²) in [6.45, 7) is 6.57. The second kappa shape index (κ2) is 13.6. The van der Waals surface area contributed by atoms with Crippen LogP contribution in [0, 0.1) is 0 Å². The predicted molar refractivity (Wildman–Crippen MR) is 112 cm³/mol. The lowest BCUT2D eigenvalue weighted by Crippen LogP contribution is -2.49. The van der Waals surface area contributed by atoms with Crippen LogP contribution in [0.1, 0.15) is 117 Å². The van der Waals surface area contributed by atoms with E-state index in [1.807, 2.05) is 13.8 Å². The van der Waals surface area contributed by atoms with Crippen LogP contribution in [-0.4, -0.2) is 36.0 Å². The zero-order valence-corrected chi connectivity index (χ0v) is 18.9. The maximum absolute atomic E-state index is 12.9. The highest BCUT2D eigenvalue weighted by atomic mass is 16.6. The second-order valence-electron chi connectivity index (χ2n) is 9.06. The number of ether oxygens (including phenoxy) is 2. The molecule has 0 aromatic carbocycles. The Labute approximate surface area is 173 Å². The van der Waals surface area contributed by atoms with Crippen molar-refractivity contribution in [2.45, 2.75) is 128 Å². The van der Waals surface area contributed by atoms with Crippen LogP contribution >= 0.6 is 0 Å². The predicted octanol–water partition coefficient (Wildman–Crippen LogP) is 6.18. The third-order valence-electron chi connectivity index (χ3n) is 5.96. The average Bonchev–Trinajstić information content (AvgIpc) is 2.90. The van der Waals surface area contributed by atoms with Crippen LogP contribution in [0.2, 0.25) is 0 Å². The van der Waals surface area contributed by atoms with Crippen LogP contribution in [0.3, 0.4) is 0 Å². The third-order valence-corrected chi connectivity index (χ3v) is 5.96. The summed E-state index contributed by atoms with van der Waals surface area (Å²) in [4.78, 5) is 11.4. The number of nitrogens with zero attached hydrogens (tertiary/aromatic N) is 1. The van der Waals surface area contributed by atoms with Crippen molar-refractivity contribution in [3.05, 3.63) is 0 Å². The molecule has 1 atom stereocenters. The Morgan fingerprint density at radius 2 is 1.39 bits per heavy atom. The quantitative estimate of drug-likeness (QED) is 0.230. The lowest BCUT2D eigenvalue weighted by molar-refractivity contribution is -0.296. The van der Waals surface area contributed by atoms with E-state index in [-0.39, 0.29) is 5.97 Å². The van der Waals surface area contributed by atoms with Crippen molar-refractivity contribution in [2.24, 2.45) is 0 Å². The van der Waals surface area contributed by atoms with Crippen molar-refractivity contribution in [3.63, 3.8) is 0 Å². The van der Waals surface area contributed by atoms with Gasteiger partial charge in [-0.2, -0.15) is 0 Å². The highest BCUT2D eigenvalue weighted by Crippen LogP contribution is 2.40. The van der Waals surface area contributed by atoms with Gasteiger partial charge in [0.25, 0.3) is 0 Å². The second-order valence-corrected chi connectivity index (χ2v) is 9.06. The van der Waals surface area contributed by atoms with Gasteiger partial charge in [-0.25, -0.2) is 0 Å². The van der Waals surface area contributed by atoms with Crippen molar-refractivity contribution < 1.29 is 19.5 Å². The molecule has 1 fully saturated rings. The van der Waals surface area contributed by atoms with E-state index >= 15 is 0 Å². The van der Waals surface area contributed by atoms with Gasteiger partial charge < -0.3 is 9.47 Å². The van der Waals surface area contributed by atoms with Gasteiger partial charge in [-0.05, 0) is 39.5 Å². The lowest BCUT2D eigenvalue weighted by Gasteiger charge is -2.35. The first-order valence-corrected chi connectivity index (χ1v) is 11.6. The molecule has 1 heterocycles. The molecule has 0 spiro atoms. The molecule has 1 rings (SSSR count). The molecule has 1 aliphatic heterocycles. The molecule has 0 N–H and O–H groups in total. The van der Waals surface area contributed by atoms with E-state index in [1.165, 1.54) is 64.9 Å². The maximum atomic E-state index is 12.9. The molecule has 0 aliphatic carbocycles. The fraction of sp³-hybridized carbons (Fsp3) is 0.957. The number of hydrogen-bond donors (Lipinski definition) is 0. The number of rotatable bonds is 16. The molecule has 1 radical (unpaired) electrons. The smallest absolute Gasteiger partial charge is 0.305 e. The van der Waals surface area contributed by atoms with E-state index in [0.29, 0.717) is 25.9 Å². The standard InChI is InChI=1S/C23H44NO4/c1-5-6-7-8-9-10-11-12-13-14-15-18-23(19-16-17-21(25)27-4)24(26)22(2,3)20-28-23/h5-20H2,1-4H3. The van der Waals surface area contributed by atoms with Crippen LogP contribution < -0.4 is 0 Å². The molecule has 0 saturated carbocycles. The molecular weight excluding hydrogens is 354 g/mol. The fourth-order valence-corrected chi connectivity index (χ4v) is 4.13. The maximum Gasteiger partial charge on any atom is 0.305 e. The summed E-state index contributed by atoms with van der Waals surface area (Å²) >= 11 is 0. The van der Waals surface area contributed by atoms with Gasteiger partial charge in [-0.15, -0.1) is 10.3 Å². The molecule has 5 heteroatoms. The average molecular weight is 399 g/mol. The Hall–Kier alpha value is -0.650. The Morgan fingerprint density at radius 3 is 1.86 bits per heavy atom. The first kappa shape index (κ1) is 25.4. The van der Waals surface area contributed by atoms with Gasteiger partial charge in [-0.1, -0.05) is 71.1 Å². The molecule has 1 aliphatic rings. The van der Waals surface area contributed by atoms with E-state index in [2.05, 4.69) is 6.92 Å². The van der Waals surface area contributed by atoms with Gasteiger partial charge in [0.15, 0.2) is 0 Å². The van der Waals surface area contributed by atoms with Gasteiger partial charge in [0.2, 0.25) is 0 Å². The van der Waals surface area contributed by atoms with Gasteiger partial charge in [0.05, 0.1) is 19.3 Å². The molecule has 5 nitrogen and oxygen atoms in total. The largest absolute Gasteiger partial charge is 0.469 e. The number of carbonyl (C=O) groups excluding carboxylic acids is 1. The van der Waals surface area contributed by atoms with Crippen LogP contribution in [0.4, 0.5) is 0 Å². The third kappa shape index (κ3) is 8.79. The van der Waals surface area contributed by atoms with Gasteiger partial charge in [-0.3, -0.25) is 4.79 Å². The summed E-state index contributed by atoms with van der Waals surface area (Å²) in [5.74, 6) is -0.223. The molecule has 1 unspecified atom stereocenters. The normalized spacial score (nSPS) is 21.9. The highest BCUT2D eigenvalue weighted by Gasteiger charge is 2.52. The lowest BCUT2D eigenvalue weighted by atomic mass is 9.95. The van der Waals surface area contributed by atoms with Crippen LogP contribution in [-0.2, 0) is 19.5 Å². The summed E-state index contributed by atoms with van der Waals surface area (Å²) < 4.78 is 10.8. The molecule has 1 saturated heterocycles. The van der Waals surface area contributed by atoms with E-state index in [0.717, 1.165) is 24.3 Å². The van der Waals surface area contributed by atoms with Crippen molar-refractivity contribution in [1.29, 1.82) is 0 Å². The Kier molecular flexibility index (Phi) is 12.3. The summed E-state index contributed by atoms with van der Waals surface area (Å²) in [6, 6.07) is 0. The van der Waals surface area contributed by atoms with Gasteiger partial charge >= 0.3 is 5.97 Å². The number of carbonyl (C=O) groups is 1. The van der Waals surface area contributed by atoms with Crippen LogP contribution in [0.25, 0.3) is 0 Å². The topological polar surface area (TPSA) is 58.7 Å². The number of unbranched alkanes of at least 4 members (excludes halogenated alkanes) is 10. The molecule has 165 valence electrons. The minimum absolute atomic E-state index is 0.223. The Balaban J connectivity index is 2.26. The highest BCUT2D eigenvalue weighted by molar-refractivity contribution is 5.69. The minimum atomic E-state index is -0.767. The van der Waals surface area contributed by atoms with Gasteiger partial charge in [0, 0.05) is 6.42 Å². The van der Waals surface area contributed by atoms with Crippen LogP contribution in [0.15, 0.2) is 0 Å². The van der Waals surface area contributed by atoms with E-state index in [4.69, 9.17) is 9.47 Å². The van der Waals surface area contributed by atoms with Crippen molar-refractivity contribution in [1.82, 2.24) is 5.06 Å². The Bertz CT molecular complexity index is 427. The fourth-order valence-electron chi connectivity index (χ4n) is 4.13. The van der Waals surface area contributed by atoms with E-state index in [9.17, 15) is 10.0 Å². The van der Waals surface area contributed by atoms with Crippen molar-refractivity contribution in [3.8, 4) is 0 Å². The summed E-state index contributed by atoms with van der Waals surface area (Å²) in [7, 11) is 1.40. The first-order chi connectivity index (χ1) is 13.4. The minimum Gasteiger partial charge on any atom is -0.469 e. The SMILES string of the molecule is CCCCCCCCCCCCCC1(CCCC(=O)OC)OCC(C)(C)N1[O]. The monoisotopic (exact) mass is 398 g/mol. The molecule has 0 bridgehead atoms. The molecule has 0 aromatic rings. The molecular formula is C23H44NO4. The first-order valence-electron chi connectivity index (χ1n) is 11.6. The van der Waals surface area contributed by atoms with E-state index < -0.39 is 11.3 Å². The number of hydrogen-bond acceptors (Lipinski definition) is 4. The molecule has 0 amide bonds. The molecule has 0 aromatic heterocycles. The summed E-state index contributed by atoms with van der Waals surface area (Å²) in [6.07, 6.45) is 16.5. The zero-order valence-electron chi connectivity index (χ0n) is 18.9. The van der Waals surface area contributed by atoms with Gasteiger partial charge in [0.1, 0.15) is 5.72 Å². The summed E-state index contributed by atoms with van der Waals surface area (Å²) in [5, 5.41) is 14.0. The number of methoxy groups -OCH3 is 1. The zero-order chi connectivity index (χ0) is 20.9.